The molecule has 3 N–H and O–H groups in total. The lowest BCUT2D eigenvalue weighted by Crippen LogP contribution is -2.29. The highest BCUT2D eigenvalue weighted by Crippen LogP contribution is 2.27. The number of nitrogens with one attached hydrogen (secondary N) is 1. The number of methoxy groups -OCH3 is 1. The largest absolute Gasteiger partial charge is 0.504 e. The summed E-state index contributed by atoms with van der Waals surface area (Å²) in [6.07, 6.45) is 1.06. The van der Waals surface area contributed by atoms with E-state index in [9.17, 15) is 10.2 Å². The molecule has 0 unspecified atom stereocenters. The maximum Gasteiger partial charge on any atom is 0.160 e. The van der Waals surface area contributed by atoms with Crippen molar-refractivity contribution in [1.82, 2.24) is 5.32 Å². The Morgan fingerprint density at radius 2 is 1.88 bits per heavy atom. The first-order valence-corrected chi connectivity index (χ1v) is 8.03. The normalized spacial score (nSPS) is 12.0. The van der Waals surface area contributed by atoms with Crippen LogP contribution in [-0.4, -0.2) is 43.6 Å². The molecular formula is C19H25NO4. The Hall–Kier alpha value is -2.24. The minimum Gasteiger partial charge on any atom is -0.504 e. The van der Waals surface area contributed by atoms with E-state index in [1.165, 1.54) is 0 Å². The van der Waals surface area contributed by atoms with Crippen molar-refractivity contribution in [2.75, 3.05) is 27.3 Å². The van der Waals surface area contributed by atoms with E-state index < -0.39 is 6.10 Å². The third-order valence-electron chi connectivity index (χ3n) is 3.77. The van der Waals surface area contributed by atoms with Crippen molar-refractivity contribution in [3.05, 3.63) is 53.6 Å². The predicted molar refractivity (Wildman–Crippen MR) is 93.9 cm³/mol. The van der Waals surface area contributed by atoms with Gasteiger partial charge in [0.05, 0.1) is 7.11 Å². The third-order valence-corrected chi connectivity index (χ3v) is 3.77. The van der Waals surface area contributed by atoms with Gasteiger partial charge >= 0.3 is 0 Å². The van der Waals surface area contributed by atoms with Crippen LogP contribution in [0.15, 0.2) is 42.5 Å². The fraction of sp³-hybridized carbons (Fsp3) is 0.368. The highest BCUT2D eigenvalue weighted by atomic mass is 16.5. The van der Waals surface area contributed by atoms with E-state index in [-0.39, 0.29) is 12.4 Å². The van der Waals surface area contributed by atoms with Gasteiger partial charge in [0, 0.05) is 6.54 Å². The number of para-hydroxylation sites is 1. The van der Waals surface area contributed by atoms with Crippen molar-refractivity contribution in [2.45, 2.75) is 18.9 Å². The first kappa shape index (κ1) is 18.1. The maximum absolute atomic E-state index is 9.77. The second-order valence-corrected chi connectivity index (χ2v) is 5.64. The minimum atomic E-state index is -0.538. The number of hydrogen-bond acceptors (Lipinski definition) is 5. The van der Waals surface area contributed by atoms with Gasteiger partial charge in [-0.15, -0.1) is 0 Å². The zero-order valence-electron chi connectivity index (χ0n) is 14.2. The predicted octanol–water partition coefficient (Wildman–Crippen LogP) is 2.15. The lowest BCUT2D eigenvalue weighted by atomic mass is 10.0. The van der Waals surface area contributed by atoms with Gasteiger partial charge in [0.25, 0.3) is 0 Å². The molecule has 0 saturated heterocycles. The number of phenols is 1. The van der Waals surface area contributed by atoms with Crippen LogP contribution in [0.5, 0.6) is 17.2 Å². The van der Waals surface area contributed by atoms with Crippen LogP contribution in [0, 0.1) is 0 Å². The Bertz CT molecular complexity index is 645. The van der Waals surface area contributed by atoms with Gasteiger partial charge in [0.1, 0.15) is 18.5 Å². The Morgan fingerprint density at radius 1 is 1.08 bits per heavy atom. The van der Waals surface area contributed by atoms with Crippen molar-refractivity contribution >= 4 is 0 Å². The van der Waals surface area contributed by atoms with Crippen molar-refractivity contribution in [3.63, 3.8) is 0 Å². The van der Waals surface area contributed by atoms with E-state index >= 15 is 0 Å². The van der Waals surface area contributed by atoms with E-state index in [1.807, 2.05) is 36.4 Å². The average molecular weight is 331 g/mol. The summed E-state index contributed by atoms with van der Waals surface area (Å²) in [6.45, 7) is 0.750. The van der Waals surface area contributed by atoms with E-state index in [0.29, 0.717) is 12.3 Å². The second-order valence-electron chi connectivity index (χ2n) is 5.64. The van der Waals surface area contributed by atoms with Gasteiger partial charge in [-0.3, -0.25) is 0 Å². The van der Waals surface area contributed by atoms with Crippen LogP contribution in [-0.2, 0) is 12.8 Å². The number of hydrogen-bond donors (Lipinski definition) is 3. The van der Waals surface area contributed by atoms with Crippen molar-refractivity contribution in [2.24, 2.45) is 0 Å². The Kier molecular flexibility index (Phi) is 6.90. The topological polar surface area (TPSA) is 71.0 Å². The molecule has 1 atom stereocenters. The second kappa shape index (κ2) is 9.15. The van der Waals surface area contributed by atoms with E-state index in [1.54, 1.807) is 20.2 Å². The molecule has 130 valence electrons. The summed E-state index contributed by atoms with van der Waals surface area (Å²) in [7, 11) is 3.33. The molecule has 0 saturated carbocycles. The number of phenolic OH excluding ortho intramolecular Hbond substituents is 1. The molecule has 0 fully saturated rings. The number of aromatic hydroxyl groups is 1. The van der Waals surface area contributed by atoms with E-state index in [4.69, 9.17) is 9.47 Å². The van der Waals surface area contributed by atoms with Crippen LogP contribution in [0.1, 0.15) is 11.1 Å². The fourth-order valence-corrected chi connectivity index (χ4v) is 2.49. The number of aliphatic hydroxyl groups excluding tert-OH is 1. The number of likely N-dealkylation sites (N-methyl/N-ethyl adjacent to an activating group) is 1. The molecular weight excluding hydrogens is 306 g/mol. The Balaban J connectivity index is 1.99. The van der Waals surface area contributed by atoms with E-state index in [2.05, 4.69) is 5.32 Å². The van der Waals surface area contributed by atoms with Crippen LogP contribution in [0.25, 0.3) is 0 Å². The van der Waals surface area contributed by atoms with Gasteiger partial charge in [0.15, 0.2) is 11.5 Å². The van der Waals surface area contributed by atoms with Gasteiger partial charge in [-0.2, -0.15) is 0 Å². The van der Waals surface area contributed by atoms with Crippen LogP contribution in [0.4, 0.5) is 0 Å². The molecule has 0 radical (unpaired) electrons. The SMILES string of the molecule is CNC[C@H](O)COc1ccccc1CCc1ccc(O)c(OC)c1. The molecule has 2 aromatic carbocycles. The monoisotopic (exact) mass is 331 g/mol. The molecule has 0 bridgehead atoms. The molecule has 0 heterocycles. The zero-order valence-corrected chi connectivity index (χ0v) is 14.2. The van der Waals surface area contributed by atoms with Crippen LogP contribution in [0.2, 0.25) is 0 Å². The molecule has 0 aliphatic carbocycles. The molecule has 0 aliphatic rings. The van der Waals surface area contributed by atoms with Gasteiger partial charge < -0.3 is 25.0 Å². The summed E-state index contributed by atoms with van der Waals surface area (Å²) in [5.74, 6) is 1.41. The van der Waals surface area contributed by atoms with Crippen molar-refractivity contribution in [3.8, 4) is 17.2 Å². The number of rotatable bonds is 9. The summed E-state index contributed by atoms with van der Waals surface area (Å²) in [6, 6.07) is 13.2. The van der Waals surface area contributed by atoms with Crippen LogP contribution in [0.3, 0.4) is 0 Å². The lowest BCUT2D eigenvalue weighted by molar-refractivity contribution is 0.107. The van der Waals surface area contributed by atoms with Crippen LogP contribution < -0.4 is 14.8 Å². The van der Waals surface area contributed by atoms with Crippen molar-refractivity contribution < 1.29 is 19.7 Å². The number of aliphatic hydroxyl groups is 1. The summed E-state index contributed by atoms with van der Waals surface area (Å²) in [4.78, 5) is 0. The number of benzene rings is 2. The zero-order chi connectivity index (χ0) is 17.4. The molecule has 0 aliphatic heterocycles. The Labute approximate surface area is 142 Å². The minimum absolute atomic E-state index is 0.142. The smallest absolute Gasteiger partial charge is 0.160 e. The maximum atomic E-state index is 9.77. The van der Waals surface area contributed by atoms with Gasteiger partial charge in [-0.05, 0) is 49.2 Å². The van der Waals surface area contributed by atoms with Gasteiger partial charge in [-0.25, -0.2) is 0 Å². The molecule has 5 nitrogen and oxygen atoms in total. The summed E-state index contributed by atoms with van der Waals surface area (Å²) >= 11 is 0. The molecule has 24 heavy (non-hydrogen) atoms. The molecule has 0 amide bonds. The molecule has 0 aromatic heterocycles. The van der Waals surface area contributed by atoms with Gasteiger partial charge in [-0.1, -0.05) is 24.3 Å². The summed E-state index contributed by atoms with van der Waals surface area (Å²) in [5.41, 5.74) is 2.16. The lowest BCUT2D eigenvalue weighted by Gasteiger charge is -2.15. The third kappa shape index (κ3) is 5.15. The van der Waals surface area contributed by atoms with Crippen molar-refractivity contribution in [1.29, 1.82) is 0 Å². The molecule has 2 rings (SSSR count). The summed E-state index contributed by atoms with van der Waals surface area (Å²) < 4.78 is 10.9. The highest BCUT2D eigenvalue weighted by Gasteiger charge is 2.08. The fourth-order valence-electron chi connectivity index (χ4n) is 2.49. The first-order valence-electron chi connectivity index (χ1n) is 8.03. The quantitative estimate of drug-likeness (QED) is 0.657. The van der Waals surface area contributed by atoms with E-state index in [0.717, 1.165) is 29.7 Å². The average Bonchev–Trinajstić information content (AvgIpc) is 2.60. The highest BCUT2D eigenvalue weighted by molar-refractivity contribution is 5.42. The summed E-state index contributed by atoms with van der Waals surface area (Å²) in [5, 5.41) is 22.3. The van der Waals surface area contributed by atoms with Crippen LogP contribution >= 0.6 is 0 Å². The van der Waals surface area contributed by atoms with Gasteiger partial charge in [0.2, 0.25) is 0 Å². The standard InChI is InChI=1S/C19H25NO4/c1-20-12-16(21)13-24-18-6-4-3-5-15(18)9-7-14-8-10-17(22)19(11-14)23-2/h3-6,8,10-11,16,20-22H,7,9,12-13H2,1-2H3/t16-/m0/s1. The number of ether oxygens (including phenoxy) is 2. The first-order chi connectivity index (χ1) is 11.6. The number of aryl methyl sites for hydroxylation is 2. The molecule has 2 aromatic rings. The molecule has 5 heteroatoms. The Morgan fingerprint density at radius 3 is 2.62 bits per heavy atom. The molecule has 0 spiro atoms.